The van der Waals surface area contributed by atoms with Crippen LogP contribution in [0, 0.1) is 0 Å². The van der Waals surface area contributed by atoms with E-state index in [0.717, 1.165) is 17.7 Å². The highest BCUT2D eigenvalue weighted by molar-refractivity contribution is 7.92. The molecule has 0 fully saturated rings. The normalized spacial score (nSPS) is 22.7. The zero-order valence-electron chi connectivity index (χ0n) is 5.58. The monoisotopic (exact) mass is 178 g/mol. The fourth-order valence-electron chi connectivity index (χ4n) is 0.963. The van der Waals surface area contributed by atoms with Gasteiger partial charge in [0.15, 0.2) is 9.84 Å². The second-order valence-corrected chi connectivity index (χ2v) is 4.95. The van der Waals surface area contributed by atoms with Gasteiger partial charge in [-0.3, -0.25) is 0 Å². The van der Waals surface area contributed by atoms with Crippen LogP contribution >= 0.6 is 12.6 Å². The first kappa shape index (κ1) is 8.14. The largest absolute Gasteiger partial charge is 0.228 e. The van der Waals surface area contributed by atoms with Gasteiger partial charge in [0.05, 0.1) is 11.5 Å². The lowest BCUT2D eigenvalue weighted by atomic mass is 10.2. The highest BCUT2D eigenvalue weighted by Crippen LogP contribution is 2.14. The number of sulfone groups is 1. The topological polar surface area (TPSA) is 34.1 Å². The molecule has 0 saturated heterocycles. The molecule has 0 radical (unpaired) electrons. The molecule has 4 heteroatoms. The van der Waals surface area contributed by atoms with Gasteiger partial charge < -0.3 is 0 Å². The van der Waals surface area contributed by atoms with Crippen molar-refractivity contribution in [3.63, 3.8) is 0 Å². The Morgan fingerprint density at radius 3 is 2.70 bits per heavy atom. The lowest BCUT2D eigenvalue weighted by Gasteiger charge is -1.94. The summed E-state index contributed by atoms with van der Waals surface area (Å²) in [6, 6.07) is 0. The Labute approximate surface area is 66.6 Å². The molecule has 1 heterocycles. The standard InChI is InChI=1S/C6H10O2S2/c7-10(8)4-2-6(5-10)1-3-9/h2,9H,1,3-5H2. The summed E-state index contributed by atoms with van der Waals surface area (Å²) >= 11 is 4.02. The lowest BCUT2D eigenvalue weighted by Crippen LogP contribution is -2.02. The Bertz CT molecular complexity index is 238. The molecule has 0 bridgehead atoms. The zero-order chi connectivity index (χ0) is 7.61. The predicted molar refractivity (Wildman–Crippen MR) is 45.2 cm³/mol. The first-order valence-corrected chi connectivity index (χ1v) is 5.58. The molecule has 0 aliphatic carbocycles. The van der Waals surface area contributed by atoms with Gasteiger partial charge in [-0.2, -0.15) is 12.6 Å². The van der Waals surface area contributed by atoms with Gasteiger partial charge in [-0.05, 0) is 12.2 Å². The van der Waals surface area contributed by atoms with E-state index < -0.39 is 9.84 Å². The molecule has 2 nitrogen and oxygen atoms in total. The number of thiol groups is 1. The minimum Gasteiger partial charge on any atom is -0.228 e. The van der Waals surface area contributed by atoms with E-state index in [-0.39, 0.29) is 11.5 Å². The summed E-state index contributed by atoms with van der Waals surface area (Å²) in [6.07, 6.45) is 2.61. The minimum absolute atomic E-state index is 0.232. The van der Waals surface area contributed by atoms with Crippen molar-refractivity contribution in [3.8, 4) is 0 Å². The second-order valence-electron chi connectivity index (χ2n) is 2.39. The molecule has 0 atom stereocenters. The maximum absolute atomic E-state index is 10.8. The van der Waals surface area contributed by atoms with Crippen LogP contribution in [0.15, 0.2) is 11.6 Å². The van der Waals surface area contributed by atoms with Gasteiger partial charge in [-0.25, -0.2) is 8.42 Å². The van der Waals surface area contributed by atoms with Crippen molar-refractivity contribution in [1.29, 1.82) is 0 Å². The molecule has 1 aliphatic heterocycles. The van der Waals surface area contributed by atoms with Crippen molar-refractivity contribution in [3.05, 3.63) is 11.6 Å². The van der Waals surface area contributed by atoms with Crippen LogP contribution in [-0.4, -0.2) is 25.7 Å². The van der Waals surface area contributed by atoms with Crippen molar-refractivity contribution in [2.24, 2.45) is 0 Å². The van der Waals surface area contributed by atoms with Gasteiger partial charge in [-0.15, -0.1) is 0 Å². The van der Waals surface area contributed by atoms with Crippen molar-refractivity contribution < 1.29 is 8.42 Å². The summed E-state index contributed by atoms with van der Waals surface area (Å²) in [6.45, 7) is 0. The molecule has 0 N–H and O–H groups in total. The molecule has 0 amide bonds. The molecule has 0 unspecified atom stereocenters. The van der Waals surface area contributed by atoms with Crippen LogP contribution in [-0.2, 0) is 9.84 Å². The van der Waals surface area contributed by atoms with E-state index in [1.807, 2.05) is 0 Å². The Kier molecular flexibility index (Phi) is 2.41. The van der Waals surface area contributed by atoms with Crippen molar-refractivity contribution in [2.75, 3.05) is 17.3 Å². The molecule has 58 valence electrons. The fourth-order valence-corrected chi connectivity index (χ4v) is 2.68. The van der Waals surface area contributed by atoms with Crippen LogP contribution in [0.2, 0.25) is 0 Å². The predicted octanol–water partition coefficient (Wildman–Crippen LogP) is 0.661. The first-order chi connectivity index (χ1) is 4.64. The maximum atomic E-state index is 10.8. The Morgan fingerprint density at radius 2 is 2.30 bits per heavy atom. The van der Waals surface area contributed by atoms with E-state index in [0.29, 0.717) is 0 Å². The van der Waals surface area contributed by atoms with Crippen LogP contribution in [0.3, 0.4) is 0 Å². The molecule has 0 aromatic heterocycles. The third kappa shape index (κ3) is 2.02. The van der Waals surface area contributed by atoms with Crippen LogP contribution in [0.1, 0.15) is 6.42 Å². The van der Waals surface area contributed by atoms with Crippen molar-refractivity contribution >= 4 is 22.5 Å². The fraction of sp³-hybridized carbons (Fsp3) is 0.667. The summed E-state index contributed by atoms with van der Waals surface area (Å²) in [4.78, 5) is 0. The molecule has 1 aliphatic rings. The van der Waals surface area contributed by atoms with Crippen LogP contribution in [0.5, 0.6) is 0 Å². The van der Waals surface area contributed by atoms with Gasteiger partial charge in [0, 0.05) is 0 Å². The van der Waals surface area contributed by atoms with E-state index >= 15 is 0 Å². The molecule has 0 aromatic rings. The van der Waals surface area contributed by atoms with E-state index in [2.05, 4.69) is 12.6 Å². The maximum Gasteiger partial charge on any atom is 0.157 e. The van der Waals surface area contributed by atoms with Gasteiger partial charge in [0.2, 0.25) is 0 Å². The minimum atomic E-state index is -2.74. The molecular formula is C6H10O2S2. The molecule has 1 rings (SSSR count). The van der Waals surface area contributed by atoms with Crippen molar-refractivity contribution in [2.45, 2.75) is 6.42 Å². The highest BCUT2D eigenvalue weighted by Gasteiger charge is 2.18. The Balaban J connectivity index is 2.55. The Hall–Kier alpha value is 0.0400. The number of hydrogen-bond acceptors (Lipinski definition) is 3. The average Bonchev–Trinajstić information content (AvgIpc) is 2.12. The molecule has 0 spiro atoms. The van der Waals surface area contributed by atoms with Crippen molar-refractivity contribution in [1.82, 2.24) is 0 Å². The summed E-state index contributed by atoms with van der Waals surface area (Å²) in [5, 5.41) is 0. The summed E-state index contributed by atoms with van der Waals surface area (Å²) < 4.78 is 21.7. The lowest BCUT2D eigenvalue weighted by molar-refractivity contribution is 0.603. The van der Waals surface area contributed by atoms with Crippen LogP contribution in [0.25, 0.3) is 0 Å². The molecule has 0 aromatic carbocycles. The quantitative estimate of drug-likeness (QED) is 0.498. The third-order valence-electron chi connectivity index (χ3n) is 1.46. The molecule has 0 saturated carbocycles. The highest BCUT2D eigenvalue weighted by atomic mass is 32.2. The SMILES string of the molecule is O=S1(=O)CC=C(CCS)C1. The van der Waals surface area contributed by atoms with E-state index in [1.54, 1.807) is 6.08 Å². The van der Waals surface area contributed by atoms with E-state index in [9.17, 15) is 8.42 Å². The summed E-state index contributed by atoms with van der Waals surface area (Å²) in [7, 11) is -2.74. The average molecular weight is 178 g/mol. The number of hydrogen-bond donors (Lipinski definition) is 1. The van der Waals surface area contributed by atoms with Crippen LogP contribution in [0.4, 0.5) is 0 Å². The van der Waals surface area contributed by atoms with Crippen LogP contribution < -0.4 is 0 Å². The van der Waals surface area contributed by atoms with Gasteiger partial charge in [-0.1, -0.05) is 11.6 Å². The molecule has 10 heavy (non-hydrogen) atoms. The number of rotatable bonds is 2. The zero-order valence-corrected chi connectivity index (χ0v) is 7.29. The summed E-state index contributed by atoms with van der Waals surface area (Å²) in [5.41, 5.74) is 1.02. The Morgan fingerprint density at radius 1 is 1.60 bits per heavy atom. The van der Waals surface area contributed by atoms with Gasteiger partial charge in [0.25, 0.3) is 0 Å². The van der Waals surface area contributed by atoms with Gasteiger partial charge >= 0.3 is 0 Å². The third-order valence-corrected chi connectivity index (χ3v) is 3.17. The summed E-state index contributed by atoms with van der Waals surface area (Å²) in [5.74, 6) is 1.23. The second kappa shape index (κ2) is 2.96. The van der Waals surface area contributed by atoms with E-state index in [1.165, 1.54) is 0 Å². The van der Waals surface area contributed by atoms with Gasteiger partial charge in [0.1, 0.15) is 0 Å². The van der Waals surface area contributed by atoms with E-state index in [4.69, 9.17) is 0 Å². The molecular weight excluding hydrogens is 168 g/mol. The smallest absolute Gasteiger partial charge is 0.157 e. The first-order valence-electron chi connectivity index (χ1n) is 3.13.